The predicted octanol–water partition coefficient (Wildman–Crippen LogP) is 4.75. The van der Waals surface area contributed by atoms with Crippen molar-refractivity contribution in [3.05, 3.63) is 78.4 Å². The summed E-state index contributed by atoms with van der Waals surface area (Å²) in [6, 6.07) is 22.6. The summed E-state index contributed by atoms with van der Waals surface area (Å²) in [4.78, 5) is 17.1. The summed E-state index contributed by atoms with van der Waals surface area (Å²) in [5, 5.41) is 23.3. The van der Waals surface area contributed by atoms with E-state index < -0.39 is 12.2 Å². The van der Waals surface area contributed by atoms with Gasteiger partial charge in [0, 0.05) is 38.3 Å². The number of nitrogens with zero attached hydrogens (tertiary/aromatic N) is 2. The zero-order valence-electron chi connectivity index (χ0n) is 22.0. The van der Waals surface area contributed by atoms with Gasteiger partial charge < -0.3 is 29.5 Å². The van der Waals surface area contributed by atoms with Crippen LogP contribution in [-0.4, -0.2) is 79.1 Å². The minimum atomic E-state index is -0.681. The van der Waals surface area contributed by atoms with Gasteiger partial charge in [-0.15, -0.1) is 0 Å². The summed E-state index contributed by atoms with van der Waals surface area (Å²) in [5.74, 6) is 0.405. The Balaban J connectivity index is 1.18. The zero-order valence-corrected chi connectivity index (χ0v) is 22.0. The minimum absolute atomic E-state index is 0.0543. The van der Waals surface area contributed by atoms with E-state index in [4.69, 9.17) is 9.47 Å². The standard InChI is InChI=1S/C30H37N3O5/c1-32(21-28(35)23-12-13-27(34)29(20-23)37-2)18-19-33-16-14-24(15-17-33)38-30(36)31-26-11-7-6-10-25(26)22-8-4-3-5-9-22/h3-13,20,24,28,34-35H,14-19,21H2,1-2H3,(H,31,36). The molecule has 3 aromatic rings. The highest BCUT2D eigenvalue weighted by atomic mass is 16.6. The Hall–Kier alpha value is -3.59. The van der Waals surface area contributed by atoms with Crippen LogP contribution in [0.3, 0.4) is 0 Å². The second-order valence-corrected chi connectivity index (χ2v) is 9.69. The van der Waals surface area contributed by atoms with Crippen LogP contribution in [-0.2, 0) is 4.74 Å². The molecule has 1 unspecified atom stereocenters. The van der Waals surface area contributed by atoms with E-state index in [-0.39, 0.29) is 11.9 Å². The zero-order chi connectivity index (χ0) is 26.9. The molecule has 4 rings (SSSR count). The van der Waals surface area contributed by atoms with E-state index in [1.54, 1.807) is 12.1 Å². The van der Waals surface area contributed by atoms with Crippen molar-refractivity contribution in [2.45, 2.75) is 25.0 Å². The molecule has 1 fully saturated rings. The number of nitrogens with one attached hydrogen (secondary N) is 1. The molecule has 202 valence electrons. The first-order valence-electron chi connectivity index (χ1n) is 13.0. The van der Waals surface area contributed by atoms with Crippen LogP contribution in [0.15, 0.2) is 72.8 Å². The van der Waals surface area contributed by atoms with Crippen LogP contribution < -0.4 is 10.1 Å². The van der Waals surface area contributed by atoms with Gasteiger partial charge in [-0.1, -0.05) is 54.6 Å². The number of aliphatic hydroxyl groups excluding tert-OH is 1. The first-order valence-corrected chi connectivity index (χ1v) is 13.0. The molecule has 0 saturated carbocycles. The number of ether oxygens (including phenoxy) is 2. The SMILES string of the molecule is COc1cc(C(O)CN(C)CCN2CCC(OC(=O)Nc3ccccc3-c3ccccc3)CC2)ccc1O. The number of methoxy groups -OCH3 is 1. The van der Waals surface area contributed by atoms with Gasteiger partial charge in [-0.2, -0.15) is 0 Å². The predicted molar refractivity (Wildman–Crippen MR) is 149 cm³/mol. The Morgan fingerprint density at radius 3 is 2.53 bits per heavy atom. The van der Waals surface area contributed by atoms with Gasteiger partial charge >= 0.3 is 6.09 Å². The number of likely N-dealkylation sites (tertiary alicyclic amines) is 1. The van der Waals surface area contributed by atoms with Crippen molar-refractivity contribution in [1.82, 2.24) is 9.80 Å². The fourth-order valence-corrected chi connectivity index (χ4v) is 4.71. The van der Waals surface area contributed by atoms with Crippen LogP contribution in [0.5, 0.6) is 11.5 Å². The molecule has 1 atom stereocenters. The smallest absolute Gasteiger partial charge is 0.411 e. The van der Waals surface area contributed by atoms with Crippen LogP contribution >= 0.6 is 0 Å². The Morgan fingerprint density at radius 1 is 1.08 bits per heavy atom. The number of para-hydroxylation sites is 1. The molecular weight excluding hydrogens is 482 g/mol. The number of phenols is 1. The number of carbonyl (C=O) groups excluding carboxylic acids is 1. The second kappa shape index (κ2) is 13.3. The first kappa shape index (κ1) is 27.4. The number of carbonyl (C=O) groups is 1. The first-order chi connectivity index (χ1) is 18.4. The third-order valence-electron chi connectivity index (χ3n) is 6.93. The summed E-state index contributed by atoms with van der Waals surface area (Å²) in [6.45, 7) is 3.84. The lowest BCUT2D eigenvalue weighted by atomic mass is 10.0. The molecular formula is C30H37N3O5. The maximum atomic E-state index is 12.6. The molecule has 38 heavy (non-hydrogen) atoms. The average Bonchev–Trinajstić information content (AvgIpc) is 2.93. The number of aromatic hydroxyl groups is 1. The Labute approximate surface area is 224 Å². The number of likely N-dealkylation sites (N-methyl/N-ethyl adjacent to an activating group) is 1. The Morgan fingerprint density at radius 2 is 1.79 bits per heavy atom. The van der Waals surface area contributed by atoms with Crippen LogP contribution in [0, 0.1) is 0 Å². The highest BCUT2D eigenvalue weighted by Crippen LogP contribution is 2.30. The monoisotopic (exact) mass is 519 g/mol. The van der Waals surface area contributed by atoms with Crippen molar-refractivity contribution in [3.8, 4) is 22.6 Å². The van der Waals surface area contributed by atoms with Crippen molar-refractivity contribution >= 4 is 11.8 Å². The Bertz CT molecular complexity index is 1180. The highest BCUT2D eigenvalue weighted by molar-refractivity contribution is 5.91. The molecule has 0 radical (unpaired) electrons. The van der Waals surface area contributed by atoms with Crippen molar-refractivity contribution < 1.29 is 24.5 Å². The summed E-state index contributed by atoms with van der Waals surface area (Å²) in [6.07, 6.45) is 0.352. The summed E-state index contributed by atoms with van der Waals surface area (Å²) < 4.78 is 10.9. The van der Waals surface area contributed by atoms with Crippen LogP contribution in [0.25, 0.3) is 11.1 Å². The van der Waals surface area contributed by atoms with Crippen molar-refractivity contribution in [2.75, 3.05) is 52.2 Å². The molecule has 1 saturated heterocycles. The number of aliphatic hydroxyl groups is 1. The molecule has 0 aromatic heterocycles. The lowest BCUT2D eigenvalue weighted by Crippen LogP contribution is -2.42. The van der Waals surface area contributed by atoms with Gasteiger partial charge in [0.15, 0.2) is 11.5 Å². The van der Waals surface area contributed by atoms with Gasteiger partial charge in [0.1, 0.15) is 6.10 Å². The van der Waals surface area contributed by atoms with E-state index in [9.17, 15) is 15.0 Å². The molecule has 8 heteroatoms. The summed E-state index contributed by atoms with van der Waals surface area (Å²) in [7, 11) is 3.47. The number of amides is 1. The van der Waals surface area contributed by atoms with Crippen molar-refractivity contribution in [2.24, 2.45) is 0 Å². The van der Waals surface area contributed by atoms with E-state index >= 15 is 0 Å². The Kier molecular flexibility index (Phi) is 9.59. The third kappa shape index (κ3) is 7.47. The van der Waals surface area contributed by atoms with Gasteiger partial charge in [-0.3, -0.25) is 5.32 Å². The molecule has 0 aliphatic carbocycles. The average molecular weight is 520 g/mol. The number of benzene rings is 3. The lowest BCUT2D eigenvalue weighted by Gasteiger charge is -2.33. The van der Waals surface area contributed by atoms with Gasteiger partial charge in [-0.05, 0) is 49.2 Å². The fourth-order valence-electron chi connectivity index (χ4n) is 4.71. The number of phenolic OH excluding ortho intramolecular Hbond substituents is 1. The maximum Gasteiger partial charge on any atom is 0.411 e. The van der Waals surface area contributed by atoms with Crippen LogP contribution in [0.2, 0.25) is 0 Å². The normalized spacial score (nSPS) is 15.3. The molecule has 1 heterocycles. The van der Waals surface area contributed by atoms with E-state index in [0.29, 0.717) is 17.9 Å². The van der Waals surface area contributed by atoms with E-state index in [2.05, 4.69) is 15.1 Å². The van der Waals surface area contributed by atoms with Crippen molar-refractivity contribution in [1.29, 1.82) is 0 Å². The minimum Gasteiger partial charge on any atom is -0.504 e. The van der Waals surface area contributed by atoms with E-state index in [1.807, 2.05) is 61.6 Å². The van der Waals surface area contributed by atoms with Gasteiger partial charge in [-0.25, -0.2) is 4.79 Å². The van der Waals surface area contributed by atoms with Gasteiger partial charge in [0.05, 0.1) is 18.9 Å². The number of hydrogen-bond donors (Lipinski definition) is 3. The fraction of sp³-hybridized carbons (Fsp3) is 0.367. The van der Waals surface area contributed by atoms with E-state index in [1.165, 1.54) is 13.2 Å². The lowest BCUT2D eigenvalue weighted by molar-refractivity contribution is 0.0541. The van der Waals surface area contributed by atoms with Gasteiger partial charge in [0.2, 0.25) is 0 Å². The van der Waals surface area contributed by atoms with E-state index in [0.717, 1.165) is 55.8 Å². The molecule has 3 aromatic carbocycles. The second-order valence-electron chi connectivity index (χ2n) is 9.69. The number of piperidine rings is 1. The topological polar surface area (TPSA) is 94.5 Å². The largest absolute Gasteiger partial charge is 0.504 e. The molecule has 1 aliphatic heterocycles. The number of anilines is 1. The molecule has 1 aliphatic rings. The number of hydrogen-bond acceptors (Lipinski definition) is 7. The molecule has 8 nitrogen and oxygen atoms in total. The third-order valence-corrected chi connectivity index (χ3v) is 6.93. The molecule has 3 N–H and O–H groups in total. The quantitative estimate of drug-likeness (QED) is 0.356. The van der Waals surface area contributed by atoms with Crippen LogP contribution in [0.1, 0.15) is 24.5 Å². The summed E-state index contributed by atoms with van der Waals surface area (Å²) in [5.41, 5.74) is 3.43. The maximum absolute atomic E-state index is 12.6. The van der Waals surface area contributed by atoms with Gasteiger partial charge in [0.25, 0.3) is 0 Å². The van der Waals surface area contributed by atoms with Crippen molar-refractivity contribution in [3.63, 3.8) is 0 Å². The molecule has 0 bridgehead atoms. The number of rotatable bonds is 10. The highest BCUT2D eigenvalue weighted by Gasteiger charge is 2.23. The van der Waals surface area contributed by atoms with Crippen LogP contribution in [0.4, 0.5) is 10.5 Å². The molecule has 1 amide bonds. The summed E-state index contributed by atoms with van der Waals surface area (Å²) >= 11 is 0. The molecule has 0 spiro atoms.